The summed E-state index contributed by atoms with van der Waals surface area (Å²) in [6, 6.07) is 6.55. The molecule has 3 rings (SSSR count). The van der Waals surface area contributed by atoms with Crippen molar-refractivity contribution in [1.82, 2.24) is 15.2 Å². The van der Waals surface area contributed by atoms with Crippen LogP contribution in [0.5, 0.6) is 5.75 Å². The van der Waals surface area contributed by atoms with Crippen LogP contribution < -0.4 is 5.32 Å². The maximum Gasteiger partial charge on any atom is 0.252 e. The highest BCUT2D eigenvalue weighted by atomic mass is 16.3. The van der Waals surface area contributed by atoms with Crippen LogP contribution in [-0.4, -0.2) is 46.4 Å². The van der Waals surface area contributed by atoms with Gasteiger partial charge < -0.3 is 15.3 Å². The Hall–Kier alpha value is -2.63. The fraction of sp³-hybridized carbons (Fsp3) is 0.389. The number of piperidine rings is 1. The van der Waals surface area contributed by atoms with Crippen molar-refractivity contribution in [3.05, 3.63) is 36.0 Å². The van der Waals surface area contributed by atoms with Crippen molar-refractivity contribution in [1.29, 1.82) is 0 Å². The van der Waals surface area contributed by atoms with E-state index in [4.69, 9.17) is 0 Å². The molecule has 0 bridgehead atoms. The molecule has 2 N–H and O–H groups in total. The van der Waals surface area contributed by atoms with Gasteiger partial charge in [0.2, 0.25) is 5.91 Å². The number of fused-ring (bicyclic) bond motifs is 1. The number of aromatic nitrogens is 1. The molecule has 0 unspecified atom stereocenters. The van der Waals surface area contributed by atoms with Crippen molar-refractivity contribution in [2.75, 3.05) is 19.6 Å². The van der Waals surface area contributed by atoms with E-state index in [1.54, 1.807) is 24.3 Å². The highest BCUT2D eigenvalue weighted by Gasteiger charge is 2.16. The van der Waals surface area contributed by atoms with Gasteiger partial charge in [0.05, 0.1) is 11.1 Å². The molecule has 1 aromatic heterocycles. The van der Waals surface area contributed by atoms with Gasteiger partial charge in [0.1, 0.15) is 5.75 Å². The summed E-state index contributed by atoms with van der Waals surface area (Å²) in [4.78, 5) is 30.3. The van der Waals surface area contributed by atoms with Gasteiger partial charge in [-0.1, -0.05) is 0 Å². The maximum atomic E-state index is 12.2. The average Bonchev–Trinajstić information content (AvgIpc) is 2.61. The molecule has 0 spiro atoms. The summed E-state index contributed by atoms with van der Waals surface area (Å²) < 4.78 is 0. The molecule has 0 radical (unpaired) electrons. The van der Waals surface area contributed by atoms with Crippen molar-refractivity contribution in [2.45, 2.75) is 25.7 Å². The summed E-state index contributed by atoms with van der Waals surface area (Å²) in [5.74, 6) is -0.00513. The minimum absolute atomic E-state index is 0.0992. The lowest BCUT2D eigenvalue weighted by molar-refractivity contribution is -0.131. The molecule has 1 fully saturated rings. The zero-order chi connectivity index (χ0) is 16.9. The van der Waals surface area contributed by atoms with Gasteiger partial charge in [-0.2, -0.15) is 0 Å². The second-order valence-electron chi connectivity index (χ2n) is 6.05. The van der Waals surface area contributed by atoms with Crippen molar-refractivity contribution in [3.63, 3.8) is 0 Å². The van der Waals surface area contributed by atoms with E-state index in [1.165, 1.54) is 12.6 Å². The topological polar surface area (TPSA) is 82.5 Å². The van der Waals surface area contributed by atoms with Gasteiger partial charge in [-0.3, -0.25) is 14.6 Å². The number of carbonyl (C=O) groups excluding carboxylic acids is 2. The lowest BCUT2D eigenvalue weighted by Gasteiger charge is -2.26. The Morgan fingerprint density at radius 2 is 1.96 bits per heavy atom. The van der Waals surface area contributed by atoms with Gasteiger partial charge in [0, 0.05) is 43.7 Å². The molecule has 1 aliphatic heterocycles. The molecule has 24 heavy (non-hydrogen) atoms. The van der Waals surface area contributed by atoms with Crippen LogP contribution in [0.15, 0.2) is 30.5 Å². The Morgan fingerprint density at radius 1 is 1.17 bits per heavy atom. The summed E-state index contributed by atoms with van der Waals surface area (Å²) in [7, 11) is 0. The fourth-order valence-corrected chi connectivity index (χ4v) is 2.92. The van der Waals surface area contributed by atoms with Crippen molar-refractivity contribution < 1.29 is 14.7 Å². The number of phenols is 1. The van der Waals surface area contributed by atoms with E-state index in [2.05, 4.69) is 10.3 Å². The van der Waals surface area contributed by atoms with Crippen molar-refractivity contribution >= 4 is 22.7 Å². The third-order valence-electron chi connectivity index (χ3n) is 4.26. The SMILES string of the molecule is O=C(NCCC(=O)N1CCCCC1)c1cnc2cc(O)ccc2c1. The molecule has 0 saturated carbocycles. The number of phenolic OH excluding ortho intramolecular Hbond substituents is 1. The number of carbonyl (C=O) groups is 2. The first kappa shape index (κ1) is 16.2. The molecule has 2 aromatic rings. The molecule has 1 aromatic carbocycles. The minimum atomic E-state index is -0.246. The quantitative estimate of drug-likeness (QED) is 0.900. The molecule has 1 saturated heterocycles. The number of pyridine rings is 1. The summed E-state index contributed by atoms with van der Waals surface area (Å²) in [6.07, 6.45) is 5.12. The maximum absolute atomic E-state index is 12.2. The first-order valence-electron chi connectivity index (χ1n) is 8.28. The van der Waals surface area contributed by atoms with E-state index in [1.807, 2.05) is 4.90 Å². The van der Waals surface area contributed by atoms with E-state index in [9.17, 15) is 14.7 Å². The van der Waals surface area contributed by atoms with Crippen LogP contribution >= 0.6 is 0 Å². The third kappa shape index (κ3) is 3.82. The minimum Gasteiger partial charge on any atom is -0.508 e. The zero-order valence-electron chi connectivity index (χ0n) is 13.5. The summed E-state index contributed by atoms with van der Waals surface area (Å²) in [6.45, 7) is 1.98. The number of likely N-dealkylation sites (tertiary alicyclic amines) is 1. The van der Waals surface area contributed by atoms with E-state index in [0.29, 0.717) is 24.0 Å². The van der Waals surface area contributed by atoms with E-state index in [0.717, 1.165) is 31.3 Å². The molecule has 0 atom stereocenters. The Morgan fingerprint density at radius 3 is 2.75 bits per heavy atom. The van der Waals surface area contributed by atoms with Gasteiger partial charge in [-0.05, 0) is 37.5 Å². The number of hydrogen-bond acceptors (Lipinski definition) is 4. The molecule has 126 valence electrons. The van der Waals surface area contributed by atoms with Crippen molar-refractivity contribution in [2.24, 2.45) is 0 Å². The first-order chi connectivity index (χ1) is 11.6. The number of hydrogen-bond donors (Lipinski definition) is 2. The van der Waals surface area contributed by atoms with Gasteiger partial charge in [0.15, 0.2) is 0 Å². The van der Waals surface area contributed by atoms with Crippen LogP contribution in [0.25, 0.3) is 10.9 Å². The second kappa shape index (κ2) is 7.29. The van der Waals surface area contributed by atoms with Crippen LogP contribution in [0.2, 0.25) is 0 Å². The monoisotopic (exact) mass is 327 g/mol. The second-order valence-corrected chi connectivity index (χ2v) is 6.05. The highest BCUT2D eigenvalue weighted by Crippen LogP contribution is 2.18. The third-order valence-corrected chi connectivity index (χ3v) is 4.26. The predicted octanol–water partition coefficient (Wildman–Crippen LogP) is 2.07. The van der Waals surface area contributed by atoms with Crippen LogP contribution in [0, 0.1) is 0 Å². The Balaban J connectivity index is 1.55. The van der Waals surface area contributed by atoms with Gasteiger partial charge in [0.25, 0.3) is 5.91 Å². The Kier molecular flexibility index (Phi) is 4.93. The van der Waals surface area contributed by atoms with Crippen LogP contribution in [0.3, 0.4) is 0 Å². The number of amides is 2. The van der Waals surface area contributed by atoms with Gasteiger partial charge in [-0.25, -0.2) is 0 Å². The van der Waals surface area contributed by atoms with Crippen LogP contribution in [0.4, 0.5) is 0 Å². The molecular weight excluding hydrogens is 306 g/mol. The predicted molar refractivity (Wildman–Crippen MR) is 90.8 cm³/mol. The van der Waals surface area contributed by atoms with E-state index in [-0.39, 0.29) is 17.6 Å². The largest absolute Gasteiger partial charge is 0.508 e. The van der Waals surface area contributed by atoms with E-state index >= 15 is 0 Å². The average molecular weight is 327 g/mol. The molecular formula is C18H21N3O3. The Bertz CT molecular complexity index is 754. The Labute approximate surface area is 140 Å². The van der Waals surface area contributed by atoms with Gasteiger partial charge in [-0.15, -0.1) is 0 Å². The molecule has 6 heteroatoms. The summed E-state index contributed by atoms with van der Waals surface area (Å²) in [5.41, 5.74) is 1.07. The molecule has 2 amide bonds. The van der Waals surface area contributed by atoms with Crippen molar-refractivity contribution in [3.8, 4) is 5.75 Å². The van der Waals surface area contributed by atoms with E-state index < -0.39 is 0 Å². The fourth-order valence-electron chi connectivity index (χ4n) is 2.92. The van der Waals surface area contributed by atoms with Crippen LogP contribution in [-0.2, 0) is 4.79 Å². The lowest BCUT2D eigenvalue weighted by Crippen LogP contribution is -2.37. The normalized spacial score (nSPS) is 14.6. The molecule has 6 nitrogen and oxygen atoms in total. The lowest BCUT2D eigenvalue weighted by atomic mass is 10.1. The number of nitrogens with one attached hydrogen (secondary N) is 1. The highest BCUT2D eigenvalue weighted by molar-refractivity contribution is 5.97. The summed E-state index contributed by atoms with van der Waals surface area (Å²) in [5, 5.41) is 13.0. The number of rotatable bonds is 4. The molecule has 0 aliphatic carbocycles. The van der Waals surface area contributed by atoms with Gasteiger partial charge >= 0.3 is 0 Å². The zero-order valence-corrected chi connectivity index (χ0v) is 13.5. The molecule has 2 heterocycles. The number of benzene rings is 1. The smallest absolute Gasteiger partial charge is 0.252 e. The van der Waals surface area contributed by atoms with Crippen LogP contribution in [0.1, 0.15) is 36.0 Å². The molecule has 1 aliphatic rings. The summed E-state index contributed by atoms with van der Waals surface area (Å²) >= 11 is 0. The standard InChI is InChI=1S/C18H21N3O3/c22-15-5-4-13-10-14(12-20-16(13)11-15)18(24)19-7-6-17(23)21-8-2-1-3-9-21/h4-5,10-12,22H,1-3,6-9H2,(H,19,24). The number of nitrogens with zero attached hydrogens (tertiary/aromatic N) is 2. The number of aromatic hydroxyl groups is 1. The first-order valence-corrected chi connectivity index (χ1v) is 8.28.